The predicted molar refractivity (Wildman–Crippen MR) is 58.6 cm³/mol. The Morgan fingerprint density at radius 1 is 1.10 bits per heavy atom. The Labute approximate surface area is 112 Å². The average Bonchev–Trinajstić information content (AvgIpc) is 2.26. The maximum atomic E-state index is 12.4. The van der Waals surface area contributed by atoms with Crippen molar-refractivity contribution in [3.63, 3.8) is 0 Å². The van der Waals surface area contributed by atoms with E-state index in [0.717, 1.165) is 0 Å². The fourth-order valence-electron chi connectivity index (χ4n) is 2.33. The van der Waals surface area contributed by atoms with Gasteiger partial charge in [-0.05, 0) is 31.7 Å². The summed E-state index contributed by atoms with van der Waals surface area (Å²) in [6, 6.07) is 0. The molecule has 0 atom stereocenters. The Hall–Kier alpha value is -0.990. The number of likely N-dealkylation sites (tertiary alicyclic amines) is 1. The van der Waals surface area contributed by atoms with E-state index < -0.39 is 24.2 Å². The van der Waals surface area contributed by atoms with Crippen LogP contribution in [0.4, 0.5) is 26.3 Å². The maximum Gasteiger partial charge on any atom is 0.409 e. The average molecular weight is 306 g/mol. The minimum Gasteiger partial charge on any atom is -0.342 e. The summed E-state index contributed by atoms with van der Waals surface area (Å²) in [4.78, 5) is 12.2. The number of carbonyl (C=O) groups excluding carboxylic acids is 1. The van der Waals surface area contributed by atoms with E-state index in [9.17, 15) is 31.1 Å². The highest BCUT2D eigenvalue weighted by Crippen LogP contribution is 2.40. The Bertz CT molecular complexity index is 319. The van der Waals surface area contributed by atoms with Gasteiger partial charge in [0, 0.05) is 13.1 Å². The van der Waals surface area contributed by atoms with Crippen molar-refractivity contribution in [1.82, 2.24) is 4.90 Å². The normalized spacial score (nSPS) is 18.7. The molecule has 1 fully saturated rings. The summed E-state index contributed by atoms with van der Waals surface area (Å²) in [7, 11) is 0. The molecule has 0 spiro atoms. The number of nitrogens with two attached hydrogens (primary N) is 1. The number of nitrogens with zero attached hydrogens (tertiary/aromatic N) is 1. The molecule has 0 aromatic carbocycles. The van der Waals surface area contributed by atoms with Gasteiger partial charge >= 0.3 is 12.4 Å². The summed E-state index contributed by atoms with van der Waals surface area (Å²) >= 11 is 0. The van der Waals surface area contributed by atoms with E-state index in [0.29, 0.717) is 30.7 Å². The zero-order chi connectivity index (χ0) is 15.6. The molecule has 3 nitrogen and oxygen atoms in total. The van der Waals surface area contributed by atoms with Gasteiger partial charge in [0.1, 0.15) is 0 Å². The van der Waals surface area contributed by atoms with Crippen molar-refractivity contribution < 1.29 is 31.1 Å². The second-order valence-electron chi connectivity index (χ2n) is 4.86. The van der Waals surface area contributed by atoms with Crippen LogP contribution in [0.5, 0.6) is 0 Å². The second-order valence-corrected chi connectivity index (χ2v) is 4.86. The van der Waals surface area contributed by atoms with Gasteiger partial charge in [-0.1, -0.05) is 0 Å². The number of piperidine rings is 1. The SMILES string of the molecule is NCCC1CCN(C(=O)C(C(F)(F)F)C(F)(F)F)CC1. The van der Waals surface area contributed by atoms with Crippen LogP contribution in [-0.4, -0.2) is 42.8 Å². The lowest BCUT2D eigenvalue weighted by molar-refractivity contribution is -0.277. The predicted octanol–water partition coefficient (Wildman–Crippen LogP) is 2.31. The molecule has 1 aliphatic heterocycles. The Morgan fingerprint density at radius 2 is 1.55 bits per heavy atom. The Balaban J connectivity index is 2.73. The molecule has 9 heteroatoms. The summed E-state index contributed by atoms with van der Waals surface area (Å²) in [5.41, 5.74) is 5.34. The quantitative estimate of drug-likeness (QED) is 0.813. The summed E-state index contributed by atoms with van der Waals surface area (Å²) in [5, 5.41) is 0. The van der Waals surface area contributed by atoms with Gasteiger partial charge in [-0.25, -0.2) is 0 Å². The molecule has 0 aliphatic carbocycles. The van der Waals surface area contributed by atoms with Gasteiger partial charge in [0.15, 0.2) is 0 Å². The molecule has 0 saturated carbocycles. The van der Waals surface area contributed by atoms with Crippen molar-refractivity contribution >= 4 is 5.91 Å². The number of halogens is 6. The van der Waals surface area contributed by atoms with Crippen molar-refractivity contribution in [3.05, 3.63) is 0 Å². The lowest BCUT2D eigenvalue weighted by Crippen LogP contribution is -2.51. The van der Waals surface area contributed by atoms with Crippen molar-refractivity contribution in [2.75, 3.05) is 19.6 Å². The molecule has 0 aromatic heterocycles. The minimum absolute atomic E-state index is 0.0911. The highest BCUT2D eigenvalue weighted by molar-refractivity contribution is 5.80. The summed E-state index contributed by atoms with van der Waals surface area (Å²) in [6.07, 6.45) is -9.83. The molecule has 1 amide bonds. The summed E-state index contributed by atoms with van der Waals surface area (Å²) in [6.45, 7) is 0.227. The van der Waals surface area contributed by atoms with Crippen LogP contribution in [0.3, 0.4) is 0 Å². The highest BCUT2D eigenvalue weighted by Gasteiger charge is 2.62. The van der Waals surface area contributed by atoms with Crippen LogP contribution in [-0.2, 0) is 4.79 Å². The molecule has 0 bridgehead atoms. The molecule has 1 saturated heterocycles. The number of alkyl halides is 6. The van der Waals surface area contributed by atoms with Crippen LogP contribution >= 0.6 is 0 Å². The first-order valence-corrected chi connectivity index (χ1v) is 6.19. The maximum absolute atomic E-state index is 12.4. The molecular weight excluding hydrogens is 290 g/mol. The fraction of sp³-hybridized carbons (Fsp3) is 0.909. The zero-order valence-corrected chi connectivity index (χ0v) is 10.6. The lowest BCUT2D eigenvalue weighted by Gasteiger charge is -2.35. The minimum atomic E-state index is -5.62. The molecule has 0 aromatic rings. The second kappa shape index (κ2) is 6.19. The van der Waals surface area contributed by atoms with E-state index in [-0.39, 0.29) is 19.0 Å². The van der Waals surface area contributed by atoms with Gasteiger partial charge in [0.05, 0.1) is 0 Å². The van der Waals surface area contributed by atoms with Gasteiger partial charge < -0.3 is 10.6 Å². The van der Waals surface area contributed by atoms with Crippen molar-refractivity contribution in [2.45, 2.75) is 31.6 Å². The standard InChI is InChI=1S/C11H16F6N2O/c12-10(13,14)8(11(15,16)17)9(20)19-5-2-7(1-4-18)3-6-19/h7-8H,1-6,18H2. The molecule has 1 aliphatic rings. The van der Waals surface area contributed by atoms with Crippen LogP contribution < -0.4 is 5.73 Å². The van der Waals surface area contributed by atoms with E-state index in [1.54, 1.807) is 0 Å². The van der Waals surface area contributed by atoms with E-state index in [1.165, 1.54) is 0 Å². The summed E-state index contributed by atoms with van der Waals surface area (Å²) < 4.78 is 74.6. The number of amides is 1. The molecule has 0 unspecified atom stereocenters. The summed E-state index contributed by atoms with van der Waals surface area (Å²) in [5.74, 6) is -5.68. The Kier molecular flexibility index (Phi) is 5.28. The lowest BCUT2D eigenvalue weighted by atomic mass is 9.92. The largest absolute Gasteiger partial charge is 0.409 e. The Morgan fingerprint density at radius 3 is 1.90 bits per heavy atom. The molecular formula is C11H16F6N2O. The fourth-order valence-corrected chi connectivity index (χ4v) is 2.33. The third kappa shape index (κ3) is 4.26. The van der Waals surface area contributed by atoms with Crippen LogP contribution in [0.15, 0.2) is 0 Å². The monoisotopic (exact) mass is 306 g/mol. The van der Waals surface area contributed by atoms with Crippen LogP contribution in [0.2, 0.25) is 0 Å². The highest BCUT2D eigenvalue weighted by atomic mass is 19.4. The van der Waals surface area contributed by atoms with Crippen molar-refractivity contribution in [2.24, 2.45) is 17.6 Å². The zero-order valence-electron chi connectivity index (χ0n) is 10.6. The number of carbonyl (C=O) groups is 1. The van der Waals surface area contributed by atoms with Crippen molar-refractivity contribution in [1.29, 1.82) is 0 Å². The van der Waals surface area contributed by atoms with Gasteiger partial charge in [-0.3, -0.25) is 4.79 Å². The third-order valence-electron chi connectivity index (χ3n) is 3.40. The van der Waals surface area contributed by atoms with E-state index in [4.69, 9.17) is 5.73 Å². The smallest absolute Gasteiger partial charge is 0.342 e. The first-order chi connectivity index (χ1) is 9.07. The molecule has 118 valence electrons. The van der Waals surface area contributed by atoms with Gasteiger partial charge in [-0.15, -0.1) is 0 Å². The van der Waals surface area contributed by atoms with E-state index in [1.807, 2.05) is 0 Å². The first-order valence-electron chi connectivity index (χ1n) is 6.19. The van der Waals surface area contributed by atoms with E-state index >= 15 is 0 Å². The number of hydrogen-bond acceptors (Lipinski definition) is 2. The van der Waals surface area contributed by atoms with Gasteiger partial charge in [-0.2, -0.15) is 26.3 Å². The number of rotatable bonds is 3. The first kappa shape index (κ1) is 17.1. The van der Waals surface area contributed by atoms with Gasteiger partial charge in [0.25, 0.3) is 0 Å². The molecule has 1 heterocycles. The van der Waals surface area contributed by atoms with Crippen molar-refractivity contribution in [3.8, 4) is 0 Å². The van der Waals surface area contributed by atoms with Crippen LogP contribution in [0.25, 0.3) is 0 Å². The molecule has 20 heavy (non-hydrogen) atoms. The van der Waals surface area contributed by atoms with Crippen LogP contribution in [0, 0.1) is 11.8 Å². The van der Waals surface area contributed by atoms with Crippen LogP contribution in [0.1, 0.15) is 19.3 Å². The van der Waals surface area contributed by atoms with E-state index in [2.05, 4.69) is 0 Å². The molecule has 2 N–H and O–H groups in total. The molecule has 1 rings (SSSR count). The van der Waals surface area contributed by atoms with Gasteiger partial charge in [0.2, 0.25) is 11.8 Å². The third-order valence-corrected chi connectivity index (χ3v) is 3.40. The number of hydrogen-bond donors (Lipinski definition) is 1. The molecule has 0 radical (unpaired) electrons. The topological polar surface area (TPSA) is 46.3 Å².